The molecule has 200 valence electrons. The Morgan fingerprint density at radius 1 is 0.919 bits per heavy atom. The van der Waals surface area contributed by atoms with Crippen LogP contribution in [0.1, 0.15) is 23.1 Å². The van der Waals surface area contributed by atoms with Gasteiger partial charge in [-0.2, -0.15) is 13.2 Å². The van der Waals surface area contributed by atoms with Gasteiger partial charge in [0, 0.05) is 13.2 Å². The Balaban J connectivity index is 0.000000604. The van der Waals surface area contributed by atoms with E-state index in [1.807, 2.05) is 54.6 Å². The van der Waals surface area contributed by atoms with E-state index in [4.69, 9.17) is 15.6 Å². The number of carbonyl (C=O) groups is 4. The molecule has 12 heteroatoms. The van der Waals surface area contributed by atoms with Gasteiger partial charge in [0.1, 0.15) is 0 Å². The fraction of sp³-hybridized carbons (Fsp3) is 0.360. The number of aliphatic carboxylic acids is 1. The van der Waals surface area contributed by atoms with Crippen molar-refractivity contribution in [2.24, 2.45) is 5.73 Å². The van der Waals surface area contributed by atoms with Gasteiger partial charge in [0.15, 0.2) is 11.6 Å². The monoisotopic (exact) mass is 522 g/mol. The van der Waals surface area contributed by atoms with Crippen molar-refractivity contribution >= 4 is 23.4 Å². The maximum Gasteiger partial charge on any atom is 0.490 e. The van der Waals surface area contributed by atoms with Gasteiger partial charge in [-0.25, -0.2) is 4.79 Å². The highest BCUT2D eigenvalue weighted by Crippen LogP contribution is 2.13. The van der Waals surface area contributed by atoms with Crippen LogP contribution in [0.15, 0.2) is 54.6 Å². The second kappa shape index (κ2) is 14.2. The van der Waals surface area contributed by atoms with Crippen LogP contribution in [0.3, 0.4) is 0 Å². The first-order chi connectivity index (χ1) is 17.5. The van der Waals surface area contributed by atoms with E-state index in [-0.39, 0.29) is 30.4 Å². The summed E-state index contributed by atoms with van der Waals surface area (Å²) >= 11 is 0. The Morgan fingerprint density at radius 2 is 1.46 bits per heavy atom. The largest absolute Gasteiger partial charge is 0.490 e. The summed E-state index contributed by atoms with van der Waals surface area (Å²) in [7, 11) is 0. The van der Waals surface area contributed by atoms with E-state index in [1.54, 1.807) is 0 Å². The number of hydrogen-bond donors (Lipinski definition) is 5. The number of nitrogens with one attached hydrogen (secondary N) is 3. The van der Waals surface area contributed by atoms with E-state index in [9.17, 15) is 27.6 Å². The van der Waals surface area contributed by atoms with Crippen LogP contribution in [0.2, 0.25) is 0 Å². The van der Waals surface area contributed by atoms with Crippen molar-refractivity contribution in [1.82, 2.24) is 16.0 Å². The van der Waals surface area contributed by atoms with E-state index in [1.165, 1.54) is 0 Å². The number of rotatable bonds is 5. The van der Waals surface area contributed by atoms with E-state index in [2.05, 4.69) is 16.0 Å². The molecule has 2 aromatic carbocycles. The number of Topliss-reactive ketones (excluding diaryl/α,β-unsaturated/α-hetero) is 2. The van der Waals surface area contributed by atoms with Crippen LogP contribution < -0.4 is 21.7 Å². The lowest BCUT2D eigenvalue weighted by atomic mass is 9.97. The zero-order valence-corrected chi connectivity index (χ0v) is 19.9. The first-order valence-corrected chi connectivity index (χ1v) is 11.4. The lowest BCUT2D eigenvalue weighted by molar-refractivity contribution is -0.192. The molecule has 0 unspecified atom stereocenters. The van der Waals surface area contributed by atoms with Crippen LogP contribution in [0.5, 0.6) is 0 Å². The summed E-state index contributed by atoms with van der Waals surface area (Å²) in [5.74, 6) is -3.49. The molecule has 37 heavy (non-hydrogen) atoms. The number of halogens is 3. The standard InChI is InChI=1S/C23H28N4O3.C2HF3O2/c24-13-18-8-6-17(7-9-18)10-20-22(29)12-19(28)14-25-15-26-21(23(30)27-20)11-16-4-2-1-3-5-16;3-2(4,5)1(6)7/h1-9,20-21,25-26H,10-15,24H2,(H,27,30);(H,6,7)/t20-,21+;/m0./s1. The molecule has 2 atom stereocenters. The molecule has 0 radical (unpaired) electrons. The number of nitrogens with two attached hydrogens (primary N) is 1. The van der Waals surface area contributed by atoms with Crippen molar-refractivity contribution in [1.29, 1.82) is 0 Å². The molecule has 1 heterocycles. The number of carboxylic acid groups (broad SMARTS) is 1. The molecule has 0 aliphatic carbocycles. The molecule has 1 aliphatic heterocycles. The molecule has 3 rings (SSSR count). The molecular weight excluding hydrogens is 493 g/mol. The van der Waals surface area contributed by atoms with Crippen LogP contribution in [0.4, 0.5) is 13.2 Å². The van der Waals surface area contributed by atoms with Gasteiger partial charge in [-0.15, -0.1) is 0 Å². The third kappa shape index (κ3) is 10.5. The SMILES string of the molecule is NCc1ccc(C[C@@H]2NC(=O)[C@@H](Cc3ccccc3)NCNCC(=O)CC2=O)cc1.O=C(O)C(F)(F)F. The fourth-order valence-electron chi connectivity index (χ4n) is 3.45. The van der Waals surface area contributed by atoms with Crippen molar-refractivity contribution in [3.8, 4) is 0 Å². The van der Waals surface area contributed by atoms with Gasteiger partial charge < -0.3 is 16.2 Å². The van der Waals surface area contributed by atoms with Gasteiger partial charge in [0.05, 0.1) is 25.0 Å². The smallest absolute Gasteiger partial charge is 0.475 e. The quantitative estimate of drug-likeness (QED) is 0.366. The highest BCUT2D eigenvalue weighted by molar-refractivity contribution is 6.03. The maximum atomic E-state index is 13.0. The summed E-state index contributed by atoms with van der Waals surface area (Å²) < 4.78 is 31.7. The molecule has 0 spiro atoms. The van der Waals surface area contributed by atoms with Gasteiger partial charge >= 0.3 is 12.1 Å². The summed E-state index contributed by atoms with van der Waals surface area (Å²) in [4.78, 5) is 46.8. The zero-order chi connectivity index (χ0) is 27.4. The van der Waals surface area contributed by atoms with Crippen molar-refractivity contribution in [3.05, 3.63) is 71.3 Å². The number of benzene rings is 2. The average Bonchev–Trinajstić information content (AvgIpc) is 2.87. The van der Waals surface area contributed by atoms with E-state index < -0.39 is 24.2 Å². The summed E-state index contributed by atoms with van der Waals surface area (Å²) in [5.41, 5.74) is 8.54. The summed E-state index contributed by atoms with van der Waals surface area (Å²) in [5, 5.41) is 16.1. The number of alkyl halides is 3. The first kappa shape index (κ1) is 29.6. The summed E-state index contributed by atoms with van der Waals surface area (Å²) in [6, 6.07) is 16.0. The predicted molar refractivity (Wildman–Crippen MR) is 128 cm³/mol. The van der Waals surface area contributed by atoms with Crippen LogP contribution >= 0.6 is 0 Å². The molecule has 9 nitrogen and oxygen atoms in total. The maximum absolute atomic E-state index is 13.0. The number of ketones is 2. The molecule has 6 N–H and O–H groups in total. The summed E-state index contributed by atoms with van der Waals surface area (Å²) in [6.07, 6.45) is -4.48. The first-order valence-electron chi connectivity index (χ1n) is 11.4. The average molecular weight is 523 g/mol. The molecule has 1 amide bonds. The normalized spacial score (nSPS) is 19.2. The second-order valence-corrected chi connectivity index (χ2v) is 8.32. The molecule has 0 aromatic heterocycles. The minimum absolute atomic E-state index is 0.0862. The Hall–Kier alpha value is -3.61. The Morgan fingerprint density at radius 3 is 2.03 bits per heavy atom. The third-order valence-electron chi connectivity index (χ3n) is 5.41. The van der Waals surface area contributed by atoms with Crippen LogP contribution in [0, 0.1) is 0 Å². The van der Waals surface area contributed by atoms with Gasteiger partial charge in [-0.3, -0.25) is 25.0 Å². The van der Waals surface area contributed by atoms with Crippen molar-refractivity contribution < 1.29 is 37.5 Å². The Labute approximate surface area is 211 Å². The molecular formula is C25H29F3N4O5. The molecule has 0 saturated carbocycles. The highest BCUT2D eigenvalue weighted by atomic mass is 19.4. The molecule has 2 aromatic rings. The summed E-state index contributed by atoms with van der Waals surface area (Å²) in [6.45, 7) is 0.826. The van der Waals surface area contributed by atoms with Crippen LogP contribution in [0.25, 0.3) is 0 Å². The zero-order valence-electron chi connectivity index (χ0n) is 19.9. The molecule has 1 aliphatic rings. The van der Waals surface area contributed by atoms with Gasteiger partial charge in [-0.05, 0) is 29.5 Å². The van der Waals surface area contributed by atoms with E-state index in [0.29, 0.717) is 26.1 Å². The minimum atomic E-state index is -5.08. The van der Waals surface area contributed by atoms with Crippen molar-refractivity contribution in [2.75, 3.05) is 13.2 Å². The van der Waals surface area contributed by atoms with Crippen LogP contribution in [-0.2, 0) is 38.6 Å². The van der Waals surface area contributed by atoms with Crippen LogP contribution in [-0.4, -0.2) is 60.0 Å². The molecule has 1 fully saturated rings. The van der Waals surface area contributed by atoms with E-state index in [0.717, 1.165) is 16.7 Å². The van der Waals surface area contributed by atoms with Gasteiger partial charge in [0.2, 0.25) is 5.91 Å². The predicted octanol–water partition coefficient (Wildman–Crippen LogP) is 1.10. The lowest BCUT2D eigenvalue weighted by Gasteiger charge is -2.22. The second-order valence-electron chi connectivity index (χ2n) is 8.32. The van der Waals surface area contributed by atoms with Crippen molar-refractivity contribution in [2.45, 2.75) is 44.1 Å². The molecule has 0 bridgehead atoms. The number of hydrogen-bond acceptors (Lipinski definition) is 7. The Kier molecular flexibility index (Phi) is 11.4. The molecule has 1 saturated heterocycles. The van der Waals surface area contributed by atoms with Crippen molar-refractivity contribution in [3.63, 3.8) is 0 Å². The third-order valence-corrected chi connectivity index (χ3v) is 5.41. The number of amides is 1. The number of carboxylic acids is 1. The number of carbonyl (C=O) groups excluding carboxylic acids is 3. The fourth-order valence-corrected chi connectivity index (χ4v) is 3.45. The van der Waals surface area contributed by atoms with Gasteiger partial charge in [0.25, 0.3) is 0 Å². The topological polar surface area (TPSA) is 151 Å². The van der Waals surface area contributed by atoms with E-state index >= 15 is 0 Å². The highest BCUT2D eigenvalue weighted by Gasteiger charge is 2.38. The lowest BCUT2D eigenvalue weighted by Crippen LogP contribution is -2.52. The Bertz CT molecular complexity index is 1060. The van der Waals surface area contributed by atoms with Gasteiger partial charge in [-0.1, -0.05) is 54.6 Å². The minimum Gasteiger partial charge on any atom is -0.475 e.